The van der Waals surface area contributed by atoms with E-state index in [2.05, 4.69) is 20.8 Å². The monoisotopic (exact) mass is 595 g/mol. The molecule has 242 valence electrons. The quantitative estimate of drug-likeness (QED) is 0.0410. The topological polar surface area (TPSA) is 27.7 Å². The molecule has 0 rings (SSSR count). The van der Waals surface area contributed by atoms with Crippen molar-refractivity contribution >= 4 is 8.60 Å². The summed E-state index contributed by atoms with van der Waals surface area (Å²) in [6.07, 6.45) is 40.7. The number of hydrogen-bond donors (Lipinski definition) is 0. The van der Waals surface area contributed by atoms with Gasteiger partial charge in [-0.1, -0.05) is 194 Å². The van der Waals surface area contributed by atoms with Crippen LogP contribution in [0, 0.1) is 0 Å². The molecule has 0 N–H and O–H groups in total. The fourth-order valence-corrected chi connectivity index (χ4v) is 6.54. The van der Waals surface area contributed by atoms with Gasteiger partial charge in [0.25, 0.3) is 0 Å². The van der Waals surface area contributed by atoms with Gasteiger partial charge in [-0.15, -0.1) is 0 Å². The molecule has 0 bridgehead atoms. The SMILES string of the molecule is CCCCCCCCCCCCO[PH+](OCCCCCCCCCCCC)OCCCCCCCCCCCC.[Li+]. The summed E-state index contributed by atoms with van der Waals surface area (Å²) in [6, 6.07) is 0. The fraction of sp³-hybridized carbons (Fsp3) is 1.00. The Balaban J connectivity index is 0. The van der Waals surface area contributed by atoms with Crippen molar-refractivity contribution < 1.29 is 32.4 Å². The minimum absolute atomic E-state index is 0. The van der Waals surface area contributed by atoms with Gasteiger partial charge in [-0.3, -0.25) is 0 Å². The molecule has 5 heteroatoms. The summed E-state index contributed by atoms with van der Waals surface area (Å²) in [5.74, 6) is 0. The number of unbranched alkanes of at least 4 members (excludes halogenated alkanes) is 27. The Labute approximate surface area is 273 Å². The largest absolute Gasteiger partial charge is 1.00 e. The first kappa shape index (κ1) is 44.0. The van der Waals surface area contributed by atoms with E-state index in [0.717, 1.165) is 39.1 Å². The molecule has 0 aromatic carbocycles. The molecule has 0 amide bonds. The summed E-state index contributed by atoms with van der Waals surface area (Å²) >= 11 is 0. The molecule has 0 radical (unpaired) electrons. The second-order valence-corrected chi connectivity index (χ2v) is 13.7. The van der Waals surface area contributed by atoms with Crippen LogP contribution in [0.5, 0.6) is 0 Å². The first-order chi connectivity index (χ1) is 19.8. The second kappa shape index (κ2) is 40.9. The molecule has 0 fully saturated rings. The normalized spacial score (nSPS) is 11.4. The zero-order chi connectivity index (χ0) is 29.0. The maximum atomic E-state index is 6.16. The zero-order valence-electron chi connectivity index (χ0n) is 29.1. The Morgan fingerprint density at radius 2 is 0.439 bits per heavy atom. The Bertz CT molecular complexity index is 379. The van der Waals surface area contributed by atoms with Gasteiger partial charge in [0.15, 0.2) is 0 Å². The van der Waals surface area contributed by atoms with E-state index in [1.165, 1.54) is 173 Å². The Kier molecular flexibility index (Phi) is 43.9. The third kappa shape index (κ3) is 38.9. The molecule has 0 aliphatic heterocycles. The van der Waals surface area contributed by atoms with Crippen molar-refractivity contribution in [3.05, 3.63) is 0 Å². The predicted molar refractivity (Wildman–Crippen MR) is 182 cm³/mol. The molecule has 0 saturated carbocycles. The van der Waals surface area contributed by atoms with Crippen molar-refractivity contribution in [1.82, 2.24) is 0 Å². The summed E-state index contributed by atoms with van der Waals surface area (Å²) in [5, 5.41) is 0. The van der Waals surface area contributed by atoms with E-state index < -0.39 is 8.60 Å². The molecule has 0 aromatic heterocycles. The Morgan fingerprint density at radius 3 is 0.634 bits per heavy atom. The van der Waals surface area contributed by atoms with E-state index in [1.54, 1.807) is 0 Å². The Hall–Kier alpha value is 0.907. The van der Waals surface area contributed by atoms with Crippen LogP contribution in [0.25, 0.3) is 0 Å². The maximum absolute atomic E-state index is 6.16. The number of rotatable bonds is 36. The van der Waals surface area contributed by atoms with Gasteiger partial charge in [0.1, 0.15) is 0 Å². The molecule has 0 atom stereocenters. The van der Waals surface area contributed by atoms with Crippen molar-refractivity contribution in [1.29, 1.82) is 0 Å². The standard InChI is InChI=1S/C36H76O3P.Li/c1-4-7-10-13-16-19-22-25-28-31-34-37-40(38-35-32-29-26-23-20-17-14-11-8-5-2)39-36-33-30-27-24-21-18-15-12-9-6-3;/h40H,4-36H2,1-3H3;/q2*+1. The second-order valence-electron chi connectivity index (χ2n) is 12.3. The molecule has 0 unspecified atom stereocenters. The van der Waals surface area contributed by atoms with Crippen LogP contribution < -0.4 is 18.9 Å². The van der Waals surface area contributed by atoms with Gasteiger partial charge >= 0.3 is 27.5 Å². The molecular weight excluding hydrogens is 518 g/mol. The fourth-order valence-electron chi connectivity index (χ4n) is 5.36. The van der Waals surface area contributed by atoms with Crippen molar-refractivity contribution in [2.45, 2.75) is 213 Å². The predicted octanol–water partition coefficient (Wildman–Crippen LogP) is 10.8. The molecule has 0 aliphatic rings. The van der Waals surface area contributed by atoms with Gasteiger partial charge in [-0.05, 0) is 19.3 Å². The van der Waals surface area contributed by atoms with Gasteiger partial charge < -0.3 is 0 Å². The summed E-state index contributed by atoms with van der Waals surface area (Å²) in [4.78, 5) is 0. The summed E-state index contributed by atoms with van der Waals surface area (Å²) < 4.78 is 18.5. The van der Waals surface area contributed by atoms with Crippen molar-refractivity contribution in [2.75, 3.05) is 19.8 Å². The van der Waals surface area contributed by atoms with Crippen molar-refractivity contribution in [2.24, 2.45) is 0 Å². The van der Waals surface area contributed by atoms with Gasteiger partial charge in [0.05, 0.1) is 19.8 Å². The number of hydrogen-bond acceptors (Lipinski definition) is 3. The van der Waals surface area contributed by atoms with Crippen molar-refractivity contribution in [3.8, 4) is 0 Å². The third-order valence-electron chi connectivity index (χ3n) is 8.15. The molecule has 0 aliphatic carbocycles. The van der Waals surface area contributed by atoms with Gasteiger partial charge in [0, 0.05) is 0 Å². The van der Waals surface area contributed by atoms with Gasteiger partial charge in [-0.25, -0.2) is 0 Å². The van der Waals surface area contributed by atoms with Crippen LogP contribution in [0.15, 0.2) is 0 Å². The molecule has 0 spiro atoms. The van der Waals surface area contributed by atoms with Crippen molar-refractivity contribution in [3.63, 3.8) is 0 Å². The van der Waals surface area contributed by atoms with E-state index >= 15 is 0 Å². The van der Waals surface area contributed by atoms with Gasteiger partial charge in [-0.2, -0.15) is 13.6 Å². The zero-order valence-corrected chi connectivity index (χ0v) is 30.1. The van der Waals surface area contributed by atoms with Crippen LogP contribution in [-0.2, 0) is 13.6 Å². The van der Waals surface area contributed by atoms with E-state index in [1.807, 2.05) is 0 Å². The van der Waals surface area contributed by atoms with E-state index in [0.29, 0.717) is 0 Å². The van der Waals surface area contributed by atoms with Crippen LogP contribution in [0.4, 0.5) is 0 Å². The van der Waals surface area contributed by atoms with Crippen LogP contribution in [0.2, 0.25) is 0 Å². The van der Waals surface area contributed by atoms with E-state index in [4.69, 9.17) is 13.6 Å². The summed E-state index contributed by atoms with van der Waals surface area (Å²) in [5.41, 5.74) is 0. The molecule has 41 heavy (non-hydrogen) atoms. The third-order valence-corrected chi connectivity index (χ3v) is 9.47. The van der Waals surface area contributed by atoms with E-state index in [-0.39, 0.29) is 18.9 Å². The molecule has 0 heterocycles. The smallest absolute Gasteiger partial charge is 0.180 e. The summed E-state index contributed by atoms with van der Waals surface area (Å²) in [6.45, 7) is 9.30. The van der Waals surface area contributed by atoms with Gasteiger partial charge in [0.2, 0.25) is 0 Å². The molecule has 0 saturated heterocycles. The first-order valence-electron chi connectivity index (χ1n) is 18.6. The summed E-state index contributed by atoms with van der Waals surface area (Å²) in [7, 11) is -1.57. The van der Waals surface area contributed by atoms with Crippen LogP contribution >= 0.6 is 8.60 Å². The molecule has 0 aromatic rings. The Morgan fingerprint density at radius 1 is 0.268 bits per heavy atom. The van der Waals surface area contributed by atoms with Crippen LogP contribution in [-0.4, -0.2) is 19.8 Å². The maximum Gasteiger partial charge on any atom is 1.00 e. The minimum atomic E-state index is -1.57. The average Bonchev–Trinajstić information content (AvgIpc) is 2.97. The van der Waals surface area contributed by atoms with E-state index in [9.17, 15) is 0 Å². The molecular formula is C36H76LiO3P+2. The minimum Gasteiger partial charge on any atom is -0.180 e. The van der Waals surface area contributed by atoms with Crippen LogP contribution in [0.1, 0.15) is 213 Å². The molecule has 3 nitrogen and oxygen atoms in total. The first-order valence-corrected chi connectivity index (χ1v) is 19.8. The average molecular weight is 595 g/mol. The van der Waals surface area contributed by atoms with Crippen LogP contribution in [0.3, 0.4) is 0 Å².